The van der Waals surface area contributed by atoms with E-state index in [0.717, 1.165) is 19.3 Å². The van der Waals surface area contributed by atoms with Crippen LogP contribution in [0.4, 0.5) is 0 Å². The number of carbonyl (C=O) groups excluding carboxylic acids is 1. The van der Waals surface area contributed by atoms with Crippen LogP contribution < -0.4 is 0 Å². The maximum Gasteiger partial charge on any atom is 0.253 e. The molecule has 1 amide bonds. The molecule has 2 unspecified atom stereocenters. The molecule has 0 radical (unpaired) electrons. The Morgan fingerprint density at radius 1 is 1.47 bits per heavy atom. The Kier molecular flexibility index (Phi) is 3.74. The highest BCUT2D eigenvalue weighted by Crippen LogP contribution is 2.26. The van der Waals surface area contributed by atoms with E-state index in [2.05, 4.69) is 4.98 Å². The van der Waals surface area contributed by atoms with E-state index in [9.17, 15) is 9.90 Å². The molecule has 17 heavy (non-hydrogen) atoms. The van der Waals surface area contributed by atoms with Crippen molar-refractivity contribution in [3.05, 3.63) is 30.1 Å². The highest BCUT2D eigenvalue weighted by Gasteiger charge is 2.27. The van der Waals surface area contributed by atoms with Gasteiger partial charge in [0.05, 0.1) is 6.10 Å². The molecule has 2 atom stereocenters. The third kappa shape index (κ3) is 2.82. The van der Waals surface area contributed by atoms with E-state index in [-0.39, 0.29) is 17.9 Å². The summed E-state index contributed by atoms with van der Waals surface area (Å²) in [4.78, 5) is 17.6. The minimum absolute atomic E-state index is 0.00787. The van der Waals surface area contributed by atoms with Crippen molar-refractivity contribution in [1.29, 1.82) is 0 Å². The summed E-state index contributed by atoms with van der Waals surface area (Å²) in [6, 6.07) is 3.42. The number of hydrogen-bond donors (Lipinski definition) is 1. The second-order valence-corrected chi connectivity index (χ2v) is 4.68. The number of rotatable bonds is 3. The highest BCUT2D eigenvalue weighted by molar-refractivity contribution is 5.93. The largest absolute Gasteiger partial charge is 0.393 e. The van der Waals surface area contributed by atoms with E-state index in [1.54, 1.807) is 36.5 Å². The van der Waals surface area contributed by atoms with Gasteiger partial charge in [0, 0.05) is 37.5 Å². The summed E-state index contributed by atoms with van der Waals surface area (Å²) >= 11 is 0. The van der Waals surface area contributed by atoms with Gasteiger partial charge in [0.15, 0.2) is 0 Å². The second kappa shape index (κ2) is 5.27. The lowest BCUT2D eigenvalue weighted by Gasteiger charge is -2.23. The minimum Gasteiger partial charge on any atom is -0.393 e. The normalized spacial score (nSPS) is 23.6. The fraction of sp³-hybridized carbons (Fsp3) is 0.538. The molecule has 1 heterocycles. The maximum atomic E-state index is 12.1. The zero-order chi connectivity index (χ0) is 12.3. The molecule has 4 heteroatoms. The minimum atomic E-state index is -0.248. The van der Waals surface area contributed by atoms with E-state index in [0.29, 0.717) is 12.1 Å². The average Bonchev–Trinajstić information content (AvgIpc) is 2.75. The average molecular weight is 234 g/mol. The first kappa shape index (κ1) is 12.0. The van der Waals surface area contributed by atoms with Crippen molar-refractivity contribution in [1.82, 2.24) is 9.88 Å². The molecule has 4 nitrogen and oxygen atoms in total. The topological polar surface area (TPSA) is 53.4 Å². The SMILES string of the molecule is CN(CC1CCCC1O)C(=O)c1ccncc1. The molecule has 92 valence electrons. The Labute approximate surface area is 101 Å². The summed E-state index contributed by atoms with van der Waals surface area (Å²) in [5.74, 6) is 0.220. The van der Waals surface area contributed by atoms with Crippen molar-refractivity contribution < 1.29 is 9.90 Å². The first-order valence-electron chi connectivity index (χ1n) is 6.02. The quantitative estimate of drug-likeness (QED) is 0.858. The number of hydrogen-bond acceptors (Lipinski definition) is 3. The lowest BCUT2D eigenvalue weighted by molar-refractivity contribution is 0.0693. The standard InChI is InChI=1S/C13H18N2O2/c1-15(9-11-3-2-4-12(11)16)13(17)10-5-7-14-8-6-10/h5-8,11-12,16H,2-4,9H2,1H3. The van der Waals surface area contributed by atoms with Crippen molar-refractivity contribution in [2.24, 2.45) is 5.92 Å². The van der Waals surface area contributed by atoms with Gasteiger partial charge < -0.3 is 10.0 Å². The third-order valence-electron chi connectivity index (χ3n) is 3.40. The predicted octanol–water partition coefficient (Wildman–Crippen LogP) is 1.31. The fourth-order valence-corrected chi connectivity index (χ4v) is 2.38. The molecule has 0 saturated heterocycles. The van der Waals surface area contributed by atoms with Gasteiger partial charge in [-0.3, -0.25) is 9.78 Å². The van der Waals surface area contributed by atoms with Gasteiger partial charge in [-0.05, 0) is 25.0 Å². The van der Waals surface area contributed by atoms with Crippen LogP contribution in [0.1, 0.15) is 29.6 Å². The van der Waals surface area contributed by atoms with Gasteiger partial charge in [-0.1, -0.05) is 6.42 Å². The van der Waals surface area contributed by atoms with E-state index < -0.39 is 0 Å². The van der Waals surface area contributed by atoms with Crippen LogP contribution in [0, 0.1) is 5.92 Å². The van der Waals surface area contributed by atoms with Gasteiger partial charge in [0.2, 0.25) is 0 Å². The molecule has 1 N–H and O–H groups in total. The molecule has 0 bridgehead atoms. The molecule has 1 aliphatic rings. The molecule has 1 aromatic heterocycles. The third-order valence-corrected chi connectivity index (χ3v) is 3.40. The summed E-state index contributed by atoms with van der Waals surface area (Å²) in [7, 11) is 1.79. The van der Waals surface area contributed by atoms with Crippen LogP contribution in [0.5, 0.6) is 0 Å². The fourth-order valence-electron chi connectivity index (χ4n) is 2.38. The molecular formula is C13H18N2O2. The predicted molar refractivity (Wildman–Crippen MR) is 64.5 cm³/mol. The van der Waals surface area contributed by atoms with E-state index in [1.807, 2.05) is 0 Å². The summed E-state index contributed by atoms with van der Waals surface area (Å²) < 4.78 is 0. The van der Waals surface area contributed by atoms with Crippen molar-refractivity contribution in [3.63, 3.8) is 0 Å². The van der Waals surface area contributed by atoms with Gasteiger partial charge in [-0.25, -0.2) is 0 Å². The summed E-state index contributed by atoms with van der Waals surface area (Å²) in [6.45, 7) is 0.627. The molecule has 1 aromatic rings. The zero-order valence-electron chi connectivity index (χ0n) is 10.0. The zero-order valence-corrected chi connectivity index (χ0v) is 10.0. The van der Waals surface area contributed by atoms with Gasteiger partial charge in [-0.2, -0.15) is 0 Å². The van der Waals surface area contributed by atoms with Crippen LogP contribution in [0.25, 0.3) is 0 Å². The number of aliphatic hydroxyl groups is 1. The Morgan fingerprint density at radius 2 is 2.18 bits per heavy atom. The highest BCUT2D eigenvalue weighted by atomic mass is 16.3. The Hall–Kier alpha value is -1.42. The van der Waals surface area contributed by atoms with Gasteiger partial charge in [0.25, 0.3) is 5.91 Å². The number of pyridine rings is 1. The number of amides is 1. The monoisotopic (exact) mass is 234 g/mol. The van der Waals surface area contributed by atoms with E-state index in [1.165, 1.54) is 0 Å². The van der Waals surface area contributed by atoms with Crippen molar-refractivity contribution in [3.8, 4) is 0 Å². The summed E-state index contributed by atoms with van der Waals surface area (Å²) in [5.41, 5.74) is 0.648. The number of aliphatic hydroxyl groups excluding tert-OH is 1. The molecule has 1 aliphatic carbocycles. The molecule has 0 aliphatic heterocycles. The number of aromatic nitrogens is 1. The van der Waals surface area contributed by atoms with Gasteiger partial charge in [0.1, 0.15) is 0 Å². The number of nitrogens with zero attached hydrogens (tertiary/aromatic N) is 2. The van der Waals surface area contributed by atoms with Crippen LogP contribution in [0.3, 0.4) is 0 Å². The maximum absolute atomic E-state index is 12.1. The van der Waals surface area contributed by atoms with Gasteiger partial charge >= 0.3 is 0 Å². The molecule has 2 rings (SSSR count). The van der Waals surface area contributed by atoms with Crippen molar-refractivity contribution in [2.75, 3.05) is 13.6 Å². The van der Waals surface area contributed by atoms with Gasteiger partial charge in [-0.15, -0.1) is 0 Å². The van der Waals surface area contributed by atoms with Crippen molar-refractivity contribution in [2.45, 2.75) is 25.4 Å². The summed E-state index contributed by atoms with van der Waals surface area (Å²) in [5, 5.41) is 9.74. The lowest BCUT2D eigenvalue weighted by atomic mass is 10.1. The Balaban J connectivity index is 1.96. The Morgan fingerprint density at radius 3 is 2.76 bits per heavy atom. The van der Waals surface area contributed by atoms with Crippen LogP contribution in [-0.2, 0) is 0 Å². The van der Waals surface area contributed by atoms with E-state index >= 15 is 0 Å². The smallest absolute Gasteiger partial charge is 0.253 e. The van der Waals surface area contributed by atoms with E-state index in [4.69, 9.17) is 0 Å². The molecule has 0 spiro atoms. The van der Waals surface area contributed by atoms with Crippen LogP contribution >= 0.6 is 0 Å². The van der Waals surface area contributed by atoms with Crippen LogP contribution in [-0.4, -0.2) is 40.6 Å². The second-order valence-electron chi connectivity index (χ2n) is 4.68. The van der Waals surface area contributed by atoms with Crippen LogP contribution in [0.2, 0.25) is 0 Å². The van der Waals surface area contributed by atoms with Crippen molar-refractivity contribution >= 4 is 5.91 Å². The summed E-state index contributed by atoms with van der Waals surface area (Å²) in [6.07, 6.45) is 5.92. The number of carbonyl (C=O) groups is 1. The Bertz CT molecular complexity index is 380. The lowest BCUT2D eigenvalue weighted by Crippen LogP contribution is -2.34. The molecule has 1 fully saturated rings. The first-order valence-corrected chi connectivity index (χ1v) is 6.02. The molecule has 1 saturated carbocycles. The molecular weight excluding hydrogens is 216 g/mol. The first-order chi connectivity index (χ1) is 8.18. The molecule has 0 aromatic carbocycles. The van der Waals surface area contributed by atoms with Crippen LogP contribution in [0.15, 0.2) is 24.5 Å².